The zero-order valence-electron chi connectivity index (χ0n) is 12.0. The average Bonchev–Trinajstić information content (AvgIpc) is 2.62. The van der Waals surface area contributed by atoms with E-state index in [2.05, 4.69) is 24.1 Å². The Kier molecular flexibility index (Phi) is 5.04. The number of rotatable bonds is 2. The minimum atomic E-state index is 0.223. The molecule has 2 aliphatic rings. The van der Waals surface area contributed by atoms with Crippen molar-refractivity contribution in [3.8, 4) is 0 Å². The summed E-state index contributed by atoms with van der Waals surface area (Å²) in [6.07, 6.45) is 7.16. The van der Waals surface area contributed by atoms with Crippen molar-refractivity contribution in [2.24, 2.45) is 11.8 Å². The summed E-state index contributed by atoms with van der Waals surface area (Å²) in [5.41, 5.74) is 0. The molecule has 2 rings (SSSR count). The van der Waals surface area contributed by atoms with Crippen LogP contribution in [0.25, 0.3) is 0 Å². The van der Waals surface area contributed by atoms with E-state index in [1.54, 1.807) is 0 Å². The van der Waals surface area contributed by atoms with Crippen LogP contribution < -0.4 is 5.32 Å². The summed E-state index contributed by atoms with van der Waals surface area (Å²) in [4.78, 5) is 14.9. The van der Waals surface area contributed by atoms with E-state index in [4.69, 9.17) is 0 Å². The highest BCUT2D eigenvalue weighted by atomic mass is 16.2. The number of likely N-dealkylation sites (tertiary alicyclic amines) is 1. The van der Waals surface area contributed by atoms with E-state index in [-0.39, 0.29) is 5.92 Å². The maximum absolute atomic E-state index is 12.7. The van der Waals surface area contributed by atoms with Gasteiger partial charge < -0.3 is 10.2 Å². The van der Waals surface area contributed by atoms with Gasteiger partial charge in [-0.05, 0) is 38.1 Å². The summed E-state index contributed by atoms with van der Waals surface area (Å²) in [6, 6.07) is 0.497. The molecule has 18 heavy (non-hydrogen) atoms. The van der Waals surface area contributed by atoms with Gasteiger partial charge in [0.2, 0.25) is 5.91 Å². The first-order chi connectivity index (χ1) is 8.72. The molecule has 2 saturated heterocycles. The van der Waals surface area contributed by atoms with Gasteiger partial charge in [0.15, 0.2) is 0 Å². The summed E-state index contributed by atoms with van der Waals surface area (Å²) in [7, 11) is 0. The topological polar surface area (TPSA) is 32.3 Å². The number of hydrogen-bond donors (Lipinski definition) is 1. The van der Waals surface area contributed by atoms with Crippen molar-refractivity contribution in [1.29, 1.82) is 0 Å². The van der Waals surface area contributed by atoms with Crippen LogP contribution in [-0.2, 0) is 4.79 Å². The fourth-order valence-electron chi connectivity index (χ4n) is 3.47. The second-order valence-corrected chi connectivity index (χ2v) is 6.14. The molecule has 0 bridgehead atoms. The third-order valence-electron chi connectivity index (χ3n) is 4.55. The van der Waals surface area contributed by atoms with Crippen LogP contribution in [0.1, 0.15) is 52.4 Å². The summed E-state index contributed by atoms with van der Waals surface area (Å²) < 4.78 is 0. The van der Waals surface area contributed by atoms with Gasteiger partial charge in [-0.15, -0.1) is 0 Å². The second-order valence-electron chi connectivity index (χ2n) is 6.14. The van der Waals surface area contributed by atoms with Crippen molar-refractivity contribution in [3.05, 3.63) is 0 Å². The van der Waals surface area contributed by atoms with Crippen LogP contribution >= 0.6 is 0 Å². The minimum absolute atomic E-state index is 0.223. The number of nitrogens with one attached hydrogen (secondary N) is 1. The Bertz CT molecular complexity index is 280. The van der Waals surface area contributed by atoms with Gasteiger partial charge in [-0.2, -0.15) is 0 Å². The highest BCUT2D eigenvalue weighted by molar-refractivity contribution is 5.79. The van der Waals surface area contributed by atoms with Crippen LogP contribution in [0.15, 0.2) is 0 Å². The minimum Gasteiger partial charge on any atom is -0.339 e. The number of carbonyl (C=O) groups is 1. The Morgan fingerprint density at radius 1 is 1.28 bits per heavy atom. The molecular weight excluding hydrogens is 224 g/mol. The van der Waals surface area contributed by atoms with Gasteiger partial charge in [-0.25, -0.2) is 0 Å². The molecule has 0 radical (unpaired) electrons. The molecule has 0 aromatic heterocycles. The Hall–Kier alpha value is -0.570. The Balaban J connectivity index is 2.00. The predicted molar refractivity (Wildman–Crippen MR) is 74.4 cm³/mol. The van der Waals surface area contributed by atoms with Gasteiger partial charge >= 0.3 is 0 Å². The molecule has 0 spiro atoms. The third kappa shape index (κ3) is 3.25. The lowest BCUT2D eigenvalue weighted by molar-refractivity contribution is -0.139. The van der Waals surface area contributed by atoms with Gasteiger partial charge in [-0.1, -0.05) is 26.7 Å². The van der Waals surface area contributed by atoms with Crippen molar-refractivity contribution in [2.45, 2.75) is 58.4 Å². The Morgan fingerprint density at radius 3 is 2.83 bits per heavy atom. The van der Waals surface area contributed by atoms with Gasteiger partial charge in [0.05, 0.1) is 5.92 Å². The molecule has 0 aromatic carbocycles. The molecule has 3 atom stereocenters. The van der Waals surface area contributed by atoms with Crippen LogP contribution in [0, 0.1) is 11.8 Å². The van der Waals surface area contributed by atoms with Crippen molar-refractivity contribution in [1.82, 2.24) is 10.2 Å². The van der Waals surface area contributed by atoms with E-state index in [0.717, 1.165) is 32.5 Å². The van der Waals surface area contributed by atoms with Crippen molar-refractivity contribution >= 4 is 5.91 Å². The van der Waals surface area contributed by atoms with Crippen LogP contribution in [-0.4, -0.2) is 36.5 Å². The molecule has 0 saturated carbocycles. The molecule has 3 unspecified atom stereocenters. The molecule has 2 aliphatic heterocycles. The molecule has 1 amide bonds. The molecule has 0 aromatic rings. The van der Waals surface area contributed by atoms with Crippen molar-refractivity contribution in [3.63, 3.8) is 0 Å². The van der Waals surface area contributed by atoms with Gasteiger partial charge in [0, 0.05) is 19.1 Å². The predicted octanol–water partition coefficient (Wildman–Crippen LogP) is 2.41. The fourth-order valence-corrected chi connectivity index (χ4v) is 3.47. The third-order valence-corrected chi connectivity index (χ3v) is 4.55. The summed E-state index contributed by atoms with van der Waals surface area (Å²) in [6.45, 7) is 7.41. The maximum Gasteiger partial charge on any atom is 0.227 e. The Labute approximate surface area is 111 Å². The highest BCUT2D eigenvalue weighted by Gasteiger charge is 2.32. The van der Waals surface area contributed by atoms with Gasteiger partial charge in [0.25, 0.3) is 0 Å². The number of nitrogens with zero attached hydrogens (tertiary/aromatic N) is 1. The molecule has 0 aliphatic carbocycles. The molecule has 104 valence electrons. The smallest absolute Gasteiger partial charge is 0.227 e. The first kappa shape index (κ1) is 13.9. The van der Waals surface area contributed by atoms with Crippen LogP contribution in [0.5, 0.6) is 0 Å². The van der Waals surface area contributed by atoms with Gasteiger partial charge in [0.1, 0.15) is 0 Å². The summed E-state index contributed by atoms with van der Waals surface area (Å²) in [5.74, 6) is 1.28. The lowest BCUT2D eigenvalue weighted by Gasteiger charge is -2.35. The van der Waals surface area contributed by atoms with E-state index in [0.29, 0.717) is 17.9 Å². The van der Waals surface area contributed by atoms with E-state index in [1.165, 1.54) is 25.7 Å². The van der Waals surface area contributed by atoms with E-state index in [9.17, 15) is 4.79 Å². The van der Waals surface area contributed by atoms with Gasteiger partial charge in [-0.3, -0.25) is 4.79 Å². The quantitative estimate of drug-likeness (QED) is 0.818. The first-order valence-electron chi connectivity index (χ1n) is 7.73. The SMILES string of the molecule is CCC1CCCCCN1C(=O)C1CNCC(C)C1. The summed E-state index contributed by atoms with van der Waals surface area (Å²) >= 11 is 0. The molecule has 3 heteroatoms. The maximum atomic E-state index is 12.7. The average molecular weight is 252 g/mol. The molecule has 3 nitrogen and oxygen atoms in total. The van der Waals surface area contributed by atoms with Crippen molar-refractivity contribution < 1.29 is 4.79 Å². The zero-order chi connectivity index (χ0) is 13.0. The lowest BCUT2D eigenvalue weighted by Crippen LogP contribution is -2.48. The lowest BCUT2D eigenvalue weighted by atomic mass is 9.90. The monoisotopic (exact) mass is 252 g/mol. The fraction of sp³-hybridized carbons (Fsp3) is 0.933. The molecule has 2 heterocycles. The largest absolute Gasteiger partial charge is 0.339 e. The number of hydrogen-bond acceptors (Lipinski definition) is 2. The van der Waals surface area contributed by atoms with E-state index < -0.39 is 0 Å². The summed E-state index contributed by atoms with van der Waals surface area (Å²) in [5, 5.41) is 3.41. The standard InChI is InChI=1S/C15H28N2O/c1-3-14-7-5-4-6-8-17(14)15(18)13-9-12(2)10-16-11-13/h12-14,16H,3-11H2,1-2H3. The van der Waals surface area contributed by atoms with Crippen LogP contribution in [0.4, 0.5) is 0 Å². The molecular formula is C15H28N2O. The van der Waals surface area contributed by atoms with E-state index in [1.807, 2.05) is 0 Å². The Morgan fingerprint density at radius 2 is 2.11 bits per heavy atom. The van der Waals surface area contributed by atoms with E-state index >= 15 is 0 Å². The molecule has 1 N–H and O–H groups in total. The second kappa shape index (κ2) is 6.55. The highest BCUT2D eigenvalue weighted by Crippen LogP contribution is 2.24. The zero-order valence-corrected chi connectivity index (χ0v) is 12.0. The van der Waals surface area contributed by atoms with Crippen LogP contribution in [0.2, 0.25) is 0 Å². The number of carbonyl (C=O) groups excluding carboxylic acids is 1. The van der Waals surface area contributed by atoms with Crippen molar-refractivity contribution in [2.75, 3.05) is 19.6 Å². The molecule has 2 fully saturated rings. The number of amides is 1. The van der Waals surface area contributed by atoms with Crippen LogP contribution in [0.3, 0.4) is 0 Å². The first-order valence-corrected chi connectivity index (χ1v) is 7.73. The number of piperidine rings is 1. The normalized spacial score (nSPS) is 34.1.